The van der Waals surface area contributed by atoms with Crippen molar-refractivity contribution in [3.8, 4) is 0 Å². The highest BCUT2D eigenvalue weighted by molar-refractivity contribution is 5.49. The molecule has 0 saturated heterocycles. The van der Waals surface area contributed by atoms with E-state index >= 15 is 0 Å². The summed E-state index contributed by atoms with van der Waals surface area (Å²) < 4.78 is 10.3. The van der Waals surface area contributed by atoms with Gasteiger partial charge in [-0.25, -0.2) is 0 Å². The number of unbranched alkanes of at least 4 members (excludes halogenated alkanes) is 4. The average molecular weight is 214 g/mol. The van der Waals surface area contributed by atoms with Gasteiger partial charge < -0.3 is 14.3 Å². The summed E-state index contributed by atoms with van der Waals surface area (Å²) in [6.07, 6.45) is 10.5. The minimum atomic E-state index is 0.309. The maximum Gasteiger partial charge on any atom is 0.188 e. The molecule has 3 heteroatoms. The Labute approximate surface area is 92.5 Å². The molecule has 0 aromatic carbocycles. The largest absolute Gasteiger partial charge is 0.475 e. The summed E-state index contributed by atoms with van der Waals surface area (Å²) in [5.41, 5.74) is 0. The summed E-state index contributed by atoms with van der Waals surface area (Å²) in [5.74, 6) is 0. The van der Waals surface area contributed by atoms with Crippen LogP contribution in [-0.4, -0.2) is 19.7 Å². The molecule has 88 valence electrons. The lowest BCUT2D eigenvalue weighted by Gasteiger charge is -2.02. The molecular formula is C12H22O3. The normalized spacial score (nSPS) is 10.7. The Hall–Kier alpha value is -0.830. The van der Waals surface area contributed by atoms with E-state index in [2.05, 4.69) is 6.92 Å². The number of hydrogen-bond donors (Lipinski definition) is 0. The van der Waals surface area contributed by atoms with E-state index in [1.54, 1.807) is 6.26 Å². The average Bonchev–Trinajstić information content (AvgIpc) is 2.26. The first kappa shape index (κ1) is 14.2. The molecule has 0 bridgehead atoms. The zero-order valence-electron chi connectivity index (χ0n) is 9.61. The van der Waals surface area contributed by atoms with Gasteiger partial charge in [-0.2, -0.15) is 0 Å². The molecule has 3 nitrogen and oxygen atoms in total. The van der Waals surface area contributed by atoms with Crippen molar-refractivity contribution in [3.63, 3.8) is 0 Å². The molecule has 0 spiro atoms. The van der Waals surface area contributed by atoms with E-state index in [9.17, 15) is 4.79 Å². The third kappa shape index (κ3) is 13.2. The van der Waals surface area contributed by atoms with E-state index in [1.165, 1.54) is 19.3 Å². The van der Waals surface area contributed by atoms with Crippen LogP contribution in [0.3, 0.4) is 0 Å². The van der Waals surface area contributed by atoms with E-state index in [0.717, 1.165) is 25.7 Å². The van der Waals surface area contributed by atoms with Crippen LogP contribution in [0.2, 0.25) is 0 Å². The third-order valence-corrected chi connectivity index (χ3v) is 1.94. The van der Waals surface area contributed by atoms with Gasteiger partial charge in [0.1, 0.15) is 6.29 Å². The van der Waals surface area contributed by atoms with Gasteiger partial charge in [0.15, 0.2) is 6.79 Å². The van der Waals surface area contributed by atoms with Crippen LogP contribution >= 0.6 is 0 Å². The summed E-state index contributed by atoms with van der Waals surface area (Å²) in [4.78, 5) is 9.97. The van der Waals surface area contributed by atoms with Gasteiger partial charge in [-0.15, -0.1) is 0 Å². The minimum Gasteiger partial charge on any atom is -0.475 e. The Bertz CT molecular complexity index is 155. The number of allylic oxidation sites excluding steroid dienone is 1. The smallest absolute Gasteiger partial charge is 0.188 e. The van der Waals surface area contributed by atoms with Crippen molar-refractivity contribution < 1.29 is 14.3 Å². The molecule has 0 heterocycles. The molecule has 0 atom stereocenters. The van der Waals surface area contributed by atoms with Crippen LogP contribution < -0.4 is 0 Å². The van der Waals surface area contributed by atoms with Crippen molar-refractivity contribution in [2.24, 2.45) is 0 Å². The second kappa shape index (κ2) is 13.2. The summed E-state index contributed by atoms with van der Waals surface area (Å²) in [5, 5.41) is 0. The molecule has 0 aliphatic carbocycles. The Morgan fingerprint density at radius 3 is 2.73 bits per heavy atom. The van der Waals surface area contributed by atoms with E-state index in [0.29, 0.717) is 13.2 Å². The second-order valence-electron chi connectivity index (χ2n) is 3.37. The molecule has 15 heavy (non-hydrogen) atoms. The minimum absolute atomic E-state index is 0.309. The SMILES string of the molecule is CCCCCCOCOC=CCCC=O. The second-order valence-corrected chi connectivity index (χ2v) is 3.37. The molecule has 0 radical (unpaired) electrons. The number of aldehydes is 1. The van der Waals surface area contributed by atoms with E-state index in [-0.39, 0.29) is 0 Å². The van der Waals surface area contributed by atoms with Gasteiger partial charge >= 0.3 is 0 Å². The third-order valence-electron chi connectivity index (χ3n) is 1.94. The number of ether oxygens (including phenoxy) is 2. The lowest BCUT2D eigenvalue weighted by atomic mass is 10.2. The predicted molar refractivity (Wildman–Crippen MR) is 60.5 cm³/mol. The molecule has 0 rings (SSSR count). The summed E-state index contributed by atoms with van der Waals surface area (Å²) in [6, 6.07) is 0. The van der Waals surface area contributed by atoms with Crippen LogP contribution in [0.25, 0.3) is 0 Å². The van der Waals surface area contributed by atoms with Gasteiger partial charge in [-0.05, 0) is 18.9 Å². The van der Waals surface area contributed by atoms with Crippen LogP contribution in [0, 0.1) is 0 Å². The Morgan fingerprint density at radius 2 is 2.00 bits per heavy atom. The molecule has 0 fully saturated rings. The summed E-state index contributed by atoms with van der Waals surface area (Å²) in [6.45, 7) is 3.26. The fourth-order valence-electron chi connectivity index (χ4n) is 1.08. The van der Waals surface area contributed by atoms with Crippen LogP contribution in [0.1, 0.15) is 45.4 Å². The molecular weight excluding hydrogens is 192 g/mol. The monoisotopic (exact) mass is 214 g/mol. The van der Waals surface area contributed by atoms with Gasteiger partial charge in [0, 0.05) is 6.42 Å². The summed E-state index contributed by atoms with van der Waals surface area (Å²) in [7, 11) is 0. The van der Waals surface area contributed by atoms with Crippen LogP contribution in [0.5, 0.6) is 0 Å². The van der Waals surface area contributed by atoms with Gasteiger partial charge in [0.05, 0.1) is 12.9 Å². The quantitative estimate of drug-likeness (QED) is 0.229. The Kier molecular flexibility index (Phi) is 12.4. The maximum atomic E-state index is 9.97. The number of carbonyl (C=O) groups is 1. The van der Waals surface area contributed by atoms with Crippen molar-refractivity contribution >= 4 is 6.29 Å². The highest BCUT2D eigenvalue weighted by atomic mass is 16.7. The molecule has 0 saturated carbocycles. The Balaban J connectivity index is 2.97. The first-order chi connectivity index (χ1) is 7.41. The topological polar surface area (TPSA) is 35.5 Å². The van der Waals surface area contributed by atoms with Gasteiger partial charge in [-0.1, -0.05) is 26.2 Å². The number of rotatable bonds is 11. The lowest BCUT2D eigenvalue weighted by molar-refractivity contribution is -0.107. The highest BCUT2D eigenvalue weighted by Crippen LogP contribution is 1.98. The Morgan fingerprint density at radius 1 is 1.13 bits per heavy atom. The van der Waals surface area contributed by atoms with Crippen molar-refractivity contribution in [1.82, 2.24) is 0 Å². The molecule has 0 aliphatic rings. The first-order valence-electron chi connectivity index (χ1n) is 5.69. The maximum absolute atomic E-state index is 9.97. The highest BCUT2D eigenvalue weighted by Gasteiger charge is 1.88. The molecule has 0 unspecified atom stereocenters. The predicted octanol–water partition coefficient (Wildman–Crippen LogP) is 3.05. The standard InChI is InChI=1S/C12H22O3/c1-2-3-4-7-10-14-12-15-11-8-5-6-9-13/h8-9,11H,2-7,10,12H2,1H3. The van der Waals surface area contributed by atoms with Crippen LogP contribution in [0.15, 0.2) is 12.3 Å². The first-order valence-corrected chi connectivity index (χ1v) is 5.69. The molecule has 0 aliphatic heterocycles. The van der Waals surface area contributed by atoms with Gasteiger partial charge in [-0.3, -0.25) is 0 Å². The lowest BCUT2D eigenvalue weighted by Crippen LogP contribution is -1.97. The van der Waals surface area contributed by atoms with Gasteiger partial charge in [0.2, 0.25) is 0 Å². The molecule has 0 aromatic rings. The fourth-order valence-corrected chi connectivity index (χ4v) is 1.08. The van der Waals surface area contributed by atoms with Crippen molar-refractivity contribution in [2.45, 2.75) is 45.4 Å². The van der Waals surface area contributed by atoms with Crippen molar-refractivity contribution in [3.05, 3.63) is 12.3 Å². The van der Waals surface area contributed by atoms with E-state index < -0.39 is 0 Å². The molecule has 0 N–H and O–H groups in total. The summed E-state index contributed by atoms with van der Waals surface area (Å²) >= 11 is 0. The molecule has 0 amide bonds. The number of hydrogen-bond acceptors (Lipinski definition) is 3. The van der Waals surface area contributed by atoms with E-state index in [1.807, 2.05) is 6.08 Å². The van der Waals surface area contributed by atoms with Crippen molar-refractivity contribution in [1.29, 1.82) is 0 Å². The molecule has 0 aromatic heterocycles. The van der Waals surface area contributed by atoms with Gasteiger partial charge in [0.25, 0.3) is 0 Å². The zero-order chi connectivity index (χ0) is 11.2. The zero-order valence-corrected chi connectivity index (χ0v) is 9.61. The van der Waals surface area contributed by atoms with Crippen LogP contribution in [-0.2, 0) is 14.3 Å². The number of carbonyl (C=O) groups excluding carboxylic acids is 1. The van der Waals surface area contributed by atoms with Crippen molar-refractivity contribution in [2.75, 3.05) is 13.4 Å². The fraction of sp³-hybridized carbons (Fsp3) is 0.750. The van der Waals surface area contributed by atoms with E-state index in [4.69, 9.17) is 9.47 Å². The van der Waals surface area contributed by atoms with Crippen LogP contribution in [0.4, 0.5) is 0 Å².